The molecule has 9 aliphatic rings. The van der Waals surface area contributed by atoms with Gasteiger partial charge in [-0.05, 0) is 184 Å². The number of imide groups is 1. The van der Waals surface area contributed by atoms with Crippen molar-refractivity contribution in [3.8, 4) is 11.8 Å². The van der Waals surface area contributed by atoms with Gasteiger partial charge in [-0.2, -0.15) is 0 Å². The van der Waals surface area contributed by atoms with Gasteiger partial charge in [-0.25, -0.2) is 9.59 Å². The molecule has 2 aromatic rings. The lowest BCUT2D eigenvalue weighted by Gasteiger charge is -2.61. The molecule has 4 unspecified atom stereocenters. The molecule has 1 spiro atoms. The number of nitrogens with one attached hydrogen (secondary N) is 2. The average molecular weight is 1390 g/mol. The molecule has 4 aliphatic carbocycles. The van der Waals surface area contributed by atoms with Crippen molar-refractivity contribution in [1.29, 1.82) is 0 Å². The van der Waals surface area contributed by atoms with E-state index in [1.165, 1.54) is 41.9 Å². The Bertz CT molecular complexity index is 3600. The first kappa shape index (κ1) is 74.4. The van der Waals surface area contributed by atoms with E-state index in [0.717, 1.165) is 95.8 Å². The largest absolute Gasteiger partial charge is 0.444 e. The molecular formula is C78H107N9O14. The fourth-order valence-corrected chi connectivity index (χ4v) is 17.4. The Kier molecular flexibility index (Phi) is 23.1. The minimum Gasteiger partial charge on any atom is -0.444 e. The highest BCUT2D eigenvalue weighted by Crippen LogP contribution is 2.71. The number of likely N-dealkylation sites (N-methyl/N-ethyl adjacent to an activating group) is 1. The fraction of sp³-hybridized carbons (Fsp3) is 0.654. The van der Waals surface area contributed by atoms with E-state index < -0.39 is 77.0 Å². The zero-order valence-corrected chi connectivity index (χ0v) is 61.0. The molecule has 548 valence electrons. The molecule has 0 bridgehead atoms. The van der Waals surface area contributed by atoms with Crippen LogP contribution in [0.2, 0.25) is 0 Å². The Labute approximate surface area is 595 Å². The molecule has 2 aromatic carbocycles. The third-order valence-electron chi connectivity index (χ3n) is 22.4. The van der Waals surface area contributed by atoms with E-state index in [1.54, 1.807) is 70.5 Å². The summed E-state index contributed by atoms with van der Waals surface area (Å²) in [5, 5.41) is 16.9. The maximum Gasteiger partial charge on any atom is 0.410 e. The summed E-state index contributed by atoms with van der Waals surface area (Å²) in [6.45, 7) is 16.2. The van der Waals surface area contributed by atoms with E-state index >= 15 is 4.79 Å². The Hall–Kier alpha value is -7.81. The Morgan fingerprint density at radius 3 is 2.09 bits per heavy atom. The van der Waals surface area contributed by atoms with Crippen LogP contribution in [0.15, 0.2) is 65.3 Å². The summed E-state index contributed by atoms with van der Waals surface area (Å²) in [7, 11) is 3.73. The summed E-state index contributed by atoms with van der Waals surface area (Å²) in [4.78, 5) is 133. The summed E-state index contributed by atoms with van der Waals surface area (Å²) in [6, 6.07) is 10.9. The number of piperidine rings is 1. The van der Waals surface area contributed by atoms with E-state index in [4.69, 9.17) is 18.9 Å². The van der Waals surface area contributed by atoms with Crippen LogP contribution >= 0.6 is 0 Å². The van der Waals surface area contributed by atoms with Crippen LogP contribution in [0.3, 0.4) is 0 Å². The molecule has 23 heteroatoms. The summed E-state index contributed by atoms with van der Waals surface area (Å²) < 4.78 is 24.0. The highest BCUT2D eigenvalue weighted by molar-refractivity contribution is 6.06. The van der Waals surface area contributed by atoms with Gasteiger partial charge in [0.15, 0.2) is 12.0 Å². The van der Waals surface area contributed by atoms with Crippen molar-refractivity contribution in [2.45, 2.75) is 218 Å². The first-order valence-corrected chi connectivity index (χ1v) is 37.2. The average Bonchev–Trinajstić information content (AvgIpc) is 1.58. The van der Waals surface area contributed by atoms with Crippen molar-refractivity contribution in [3.05, 3.63) is 82.0 Å². The number of rotatable bonds is 24. The molecule has 3 N–H and O–H groups in total. The van der Waals surface area contributed by atoms with E-state index in [2.05, 4.69) is 51.6 Å². The highest BCUT2D eigenvalue weighted by Gasteiger charge is 2.71. The van der Waals surface area contributed by atoms with Crippen LogP contribution in [0.5, 0.6) is 0 Å². The van der Waals surface area contributed by atoms with Gasteiger partial charge in [-0.1, -0.05) is 55.4 Å². The smallest absolute Gasteiger partial charge is 0.410 e. The second-order valence-corrected chi connectivity index (χ2v) is 31.3. The highest BCUT2D eigenvalue weighted by atomic mass is 16.6. The van der Waals surface area contributed by atoms with Crippen molar-refractivity contribution in [1.82, 2.24) is 34.7 Å². The third kappa shape index (κ3) is 16.2. The maximum atomic E-state index is 15.4. The second kappa shape index (κ2) is 31.4. The number of ether oxygens (including phenoxy) is 4. The van der Waals surface area contributed by atoms with Crippen molar-refractivity contribution < 1.29 is 67.2 Å². The molecule has 0 radical (unpaired) electrons. The number of aliphatic hydroxyl groups is 1. The van der Waals surface area contributed by atoms with Gasteiger partial charge in [0.2, 0.25) is 29.5 Å². The summed E-state index contributed by atoms with van der Waals surface area (Å²) in [5.74, 6) is 5.67. The van der Waals surface area contributed by atoms with Crippen LogP contribution in [0.4, 0.5) is 21.0 Å². The van der Waals surface area contributed by atoms with Gasteiger partial charge in [0, 0.05) is 126 Å². The molecule has 2 saturated carbocycles. The van der Waals surface area contributed by atoms with E-state index in [-0.39, 0.29) is 87.5 Å². The number of anilines is 2. The fourth-order valence-electron chi connectivity index (χ4n) is 17.4. The number of piperazine rings is 2. The number of fused-ring (bicyclic) bond motifs is 4. The van der Waals surface area contributed by atoms with Gasteiger partial charge < -0.3 is 58.8 Å². The zero-order chi connectivity index (χ0) is 72.1. The van der Waals surface area contributed by atoms with Gasteiger partial charge in [-0.15, -0.1) is 5.92 Å². The van der Waals surface area contributed by atoms with Crippen LogP contribution in [-0.2, 0) is 47.7 Å². The monoisotopic (exact) mass is 1390 g/mol. The van der Waals surface area contributed by atoms with Gasteiger partial charge >= 0.3 is 12.2 Å². The molecule has 11 rings (SSSR count). The molecule has 5 heterocycles. The number of nitrogens with zero attached hydrogens (tertiary/aromatic N) is 7. The predicted molar refractivity (Wildman–Crippen MR) is 380 cm³/mol. The third-order valence-corrected chi connectivity index (χ3v) is 22.4. The molecule has 5 aliphatic heterocycles. The minimum atomic E-state index is -1.30. The molecule has 4 saturated heterocycles. The van der Waals surface area contributed by atoms with Crippen LogP contribution in [0.25, 0.3) is 0 Å². The van der Waals surface area contributed by atoms with Crippen molar-refractivity contribution in [2.75, 3.05) is 103 Å². The molecular weight excluding hydrogens is 1290 g/mol. The summed E-state index contributed by atoms with van der Waals surface area (Å²) in [5.41, 5.74) is 5.83. The molecule has 101 heavy (non-hydrogen) atoms. The quantitative estimate of drug-likeness (QED) is 0.0502. The Morgan fingerprint density at radius 2 is 1.43 bits per heavy atom. The van der Waals surface area contributed by atoms with E-state index in [0.29, 0.717) is 80.8 Å². The van der Waals surface area contributed by atoms with Crippen LogP contribution in [0, 0.1) is 29.1 Å². The standard InChI is InChI=1S/C78H107N9O14/c1-10-35-78-36-34-59-56-30-26-52-46-54(88)29-31-55(52)66(56)58(47-77(59,78)50-99-78)51-24-27-53(28-25-51)81(8)39-20-23-65(90)85-42-40-83(73(96)100-75(2,3)4)49-63(85)71(94)86-43-41-84(74(97)101-76(5,6)7)48-62(86)70(93)82(9)38-16-12-14-18-45-98-44-17-13-11-15-37-79-60-22-19-21-57-67(60)72(95)87(69(57)92)61-32-33-64(89)80-68(61)91/h19,21-22,24-25,27-28,46,56,58-59,61-63,72,79,95H,11-18,20,23,26,29-34,36-45,47-50H2,1-9H3,(H,80,89,91)/t56-,58+,59-,61?,62?,63?,72?,77+,78-/m0/s1. The summed E-state index contributed by atoms with van der Waals surface area (Å²) >= 11 is 0. The number of hydrogen-bond donors (Lipinski definition) is 3. The maximum absolute atomic E-state index is 15.4. The number of carbonyl (C=O) groups excluding carboxylic acids is 9. The molecule has 23 nitrogen and oxygen atoms in total. The lowest BCUT2D eigenvalue weighted by molar-refractivity contribution is -0.245. The molecule has 8 amide bonds. The van der Waals surface area contributed by atoms with Gasteiger partial charge in [-0.3, -0.25) is 43.8 Å². The number of ketones is 1. The van der Waals surface area contributed by atoms with E-state index in [1.807, 2.05) is 26.1 Å². The minimum absolute atomic E-state index is 0.000975. The van der Waals surface area contributed by atoms with Gasteiger partial charge in [0.1, 0.15) is 34.9 Å². The van der Waals surface area contributed by atoms with Crippen LogP contribution in [-0.4, -0.2) is 216 Å². The Morgan fingerprint density at radius 1 is 0.752 bits per heavy atom. The van der Waals surface area contributed by atoms with Crippen molar-refractivity contribution in [2.24, 2.45) is 17.3 Å². The topological polar surface area (TPSA) is 258 Å². The number of unbranched alkanes of at least 4 members (excludes halogenated alkanes) is 6. The predicted octanol–water partition coefficient (Wildman–Crippen LogP) is 9.43. The lowest BCUT2D eigenvalue weighted by atomic mass is 9.49. The number of allylic oxidation sites excluding steroid dienone is 4. The number of benzene rings is 2. The molecule has 0 aromatic heterocycles. The summed E-state index contributed by atoms with van der Waals surface area (Å²) in [6.07, 6.45) is 13.5. The SMILES string of the molecule is CC#C[C@]12CC[C@H]3[C@@H]4CCC5=CC(=O)CCC5=C4[C@@H](c4ccc(N(C)CCCC(=O)N5CCN(C(=O)OC(C)(C)C)CC5C(=O)N5CCN(C(=O)OC(C)(C)C)CC5C(=O)N(C)CCCCCCOCCCCCCNc5cccc6c5C(O)N(C5CCC(=O)NC5=O)C6=O)cc4)C[C@@]31CO2. The van der Waals surface area contributed by atoms with Gasteiger partial charge in [0.25, 0.3) is 5.91 Å². The zero-order valence-electron chi connectivity index (χ0n) is 61.0. The van der Waals surface area contributed by atoms with Crippen molar-refractivity contribution in [3.63, 3.8) is 0 Å². The van der Waals surface area contributed by atoms with Crippen LogP contribution < -0.4 is 15.5 Å². The second-order valence-electron chi connectivity index (χ2n) is 31.3. The molecule has 9 atom stereocenters. The van der Waals surface area contributed by atoms with Crippen LogP contribution in [0.1, 0.15) is 204 Å². The lowest BCUT2D eigenvalue weighted by Crippen LogP contribution is -2.68. The Balaban J connectivity index is 0.662. The number of hydrogen-bond acceptors (Lipinski definition) is 16. The first-order valence-electron chi connectivity index (χ1n) is 37.2. The first-order chi connectivity index (χ1) is 48.2. The number of amides is 8. The number of carbonyl (C=O) groups is 9. The van der Waals surface area contributed by atoms with Crippen molar-refractivity contribution >= 4 is 64.8 Å². The molecule has 6 fully saturated rings. The number of aliphatic hydroxyl groups excluding tert-OH is 1. The van der Waals surface area contributed by atoms with E-state index in [9.17, 15) is 43.5 Å². The normalized spacial score (nSPS) is 26.3. The van der Waals surface area contributed by atoms with Gasteiger partial charge in [0.05, 0.1) is 19.7 Å².